The molecule has 0 saturated heterocycles. The van der Waals surface area contributed by atoms with Crippen LogP contribution in [-0.2, 0) is 7.05 Å². The molecule has 1 aromatic heterocycles. The van der Waals surface area contributed by atoms with E-state index in [1.165, 1.54) is 0 Å². The van der Waals surface area contributed by atoms with Gasteiger partial charge in [-0.3, -0.25) is 9.48 Å². The average Bonchev–Trinajstić information content (AvgIpc) is 2.93. The molecule has 0 spiro atoms. The van der Waals surface area contributed by atoms with Gasteiger partial charge in [0.15, 0.2) is 0 Å². The first-order valence-corrected chi connectivity index (χ1v) is 7.13. The van der Waals surface area contributed by atoms with Gasteiger partial charge in [0.1, 0.15) is 11.4 Å². The van der Waals surface area contributed by atoms with Crippen LogP contribution in [0.15, 0.2) is 30.5 Å². The average molecular weight is 303 g/mol. The maximum atomic E-state index is 12.4. The number of aliphatic hydroxyl groups excluding tert-OH is 1. The molecule has 22 heavy (non-hydrogen) atoms. The fourth-order valence-corrected chi connectivity index (χ4v) is 2.12. The first-order chi connectivity index (χ1) is 10.6. The molecular formula is C16H21N3O3. The number of nitrogens with zero attached hydrogens (tertiary/aromatic N) is 2. The summed E-state index contributed by atoms with van der Waals surface area (Å²) in [5.41, 5.74) is 1.83. The van der Waals surface area contributed by atoms with E-state index in [0.29, 0.717) is 23.6 Å². The summed E-state index contributed by atoms with van der Waals surface area (Å²) in [5.74, 6) is 0.462. The molecule has 1 unspecified atom stereocenters. The molecule has 0 bridgehead atoms. The van der Waals surface area contributed by atoms with Gasteiger partial charge in [-0.2, -0.15) is 5.10 Å². The molecule has 118 valence electrons. The Bertz CT molecular complexity index is 652. The van der Waals surface area contributed by atoms with Gasteiger partial charge < -0.3 is 15.2 Å². The monoisotopic (exact) mass is 303 g/mol. The number of hydrogen-bond donors (Lipinski definition) is 2. The van der Waals surface area contributed by atoms with Crippen molar-refractivity contribution in [2.75, 3.05) is 20.3 Å². The van der Waals surface area contributed by atoms with E-state index in [1.807, 2.05) is 31.2 Å². The van der Waals surface area contributed by atoms with Crippen LogP contribution in [0, 0.1) is 5.92 Å². The van der Waals surface area contributed by atoms with E-state index < -0.39 is 0 Å². The number of aryl methyl sites for hydroxylation is 1. The van der Waals surface area contributed by atoms with Crippen LogP contribution in [0.3, 0.4) is 0 Å². The summed E-state index contributed by atoms with van der Waals surface area (Å²) in [6.45, 7) is 2.31. The number of amides is 1. The third-order valence-electron chi connectivity index (χ3n) is 3.36. The number of methoxy groups -OCH3 is 1. The number of ether oxygens (including phenoxy) is 1. The topological polar surface area (TPSA) is 76.4 Å². The number of hydrogen-bond acceptors (Lipinski definition) is 4. The van der Waals surface area contributed by atoms with Gasteiger partial charge in [0.25, 0.3) is 5.91 Å². The molecule has 1 aromatic carbocycles. The Kier molecular flexibility index (Phi) is 5.16. The van der Waals surface area contributed by atoms with Crippen molar-refractivity contribution >= 4 is 5.91 Å². The highest BCUT2D eigenvalue weighted by molar-refractivity contribution is 6.00. The highest BCUT2D eigenvalue weighted by Crippen LogP contribution is 2.30. The second kappa shape index (κ2) is 7.09. The molecule has 0 saturated carbocycles. The molecule has 2 aromatic rings. The van der Waals surface area contributed by atoms with Crippen LogP contribution in [0.25, 0.3) is 11.3 Å². The van der Waals surface area contributed by atoms with Crippen molar-refractivity contribution in [3.05, 3.63) is 36.0 Å². The van der Waals surface area contributed by atoms with Crippen LogP contribution in [0.2, 0.25) is 0 Å². The van der Waals surface area contributed by atoms with Crippen LogP contribution >= 0.6 is 0 Å². The summed E-state index contributed by atoms with van der Waals surface area (Å²) in [4.78, 5) is 12.4. The van der Waals surface area contributed by atoms with Crippen LogP contribution in [0.4, 0.5) is 0 Å². The Morgan fingerprint density at radius 1 is 1.45 bits per heavy atom. The van der Waals surface area contributed by atoms with Crippen LogP contribution in [-0.4, -0.2) is 41.1 Å². The molecular weight excluding hydrogens is 282 g/mol. The zero-order valence-corrected chi connectivity index (χ0v) is 13.0. The molecule has 2 N–H and O–H groups in total. The summed E-state index contributed by atoms with van der Waals surface area (Å²) >= 11 is 0. The van der Waals surface area contributed by atoms with E-state index >= 15 is 0 Å². The number of aromatic nitrogens is 2. The Labute approximate surface area is 129 Å². The lowest BCUT2D eigenvalue weighted by molar-refractivity contribution is 0.0943. The number of nitrogens with one attached hydrogen (secondary N) is 1. The van der Waals surface area contributed by atoms with Gasteiger partial charge in [-0.1, -0.05) is 19.1 Å². The quantitative estimate of drug-likeness (QED) is 0.847. The number of benzene rings is 1. The van der Waals surface area contributed by atoms with Gasteiger partial charge in [-0.05, 0) is 18.1 Å². The highest BCUT2D eigenvalue weighted by atomic mass is 16.5. The molecule has 0 fully saturated rings. The summed E-state index contributed by atoms with van der Waals surface area (Å²) < 4.78 is 6.95. The lowest BCUT2D eigenvalue weighted by Gasteiger charge is -2.10. The van der Waals surface area contributed by atoms with Crippen molar-refractivity contribution < 1.29 is 14.6 Å². The largest absolute Gasteiger partial charge is 0.496 e. The molecule has 6 nitrogen and oxygen atoms in total. The normalized spacial score (nSPS) is 12.0. The van der Waals surface area contributed by atoms with E-state index in [9.17, 15) is 4.79 Å². The molecule has 6 heteroatoms. The first-order valence-electron chi connectivity index (χ1n) is 7.13. The maximum Gasteiger partial charge on any atom is 0.255 e. The second-order valence-electron chi connectivity index (χ2n) is 5.26. The minimum atomic E-state index is -0.214. The molecule has 1 amide bonds. The maximum absolute atomic E-state index is 12.4. The molecule has 0 aliphatic carbocycles. The third-order valence-corrected chi connectivity index (χ3v) is 3.36. The lowest BCUT2D eigenvalue weighted by Crippen LogP contribution is -2.29. The minimum absolute atomic E-state index is 0.00957. The Hall–Kier alpha value is -2.34. The van der Waals surface area contributed by atoms with Gasteiger partial charge in [-0.25, -0.2) is 0 Å². The fourth-order valence-electron chi connectivity index (χ4n) is 2.12. The lowest BCUT2D eigenvalue weighted by atomic mass is 10.1. The van der Waals surface area contributed by atoms with Gasteiger partial charge in [0.2, 0.25) is 0 Å². The standard InChI is InChI=1S/C16H21N3O3/c1-11(10-20)8-17-16(21)13-9-19(2)18-15(13)12-6-4-5-7-14(12)22-3/h4-7,9,11,20H,8,10H2,1-3H3,(H,17,21). The van der Waals surface area contributed by atoms with Crippen molar-refractivity contribution in [3.8, 4) is 17.0 Å². The molecule has 0 radical (unpaired) electrons. The molecule has 2 rings (SSSR count). The van der Waals surface area contributed by atoms with Crippen LogP contribution < -0.4 is 10.1 Å². The van der Waals surface area contributed by atoms with Crippen molar-refractivity contribution in [2.24, 2.45) is 13.0 Å². The number of aliphatic hydroxyl groups is 1. The Morgan fingerprint density at radius 2 is 2.18 bits per heavy atom. The summed E-state index contributed by atoms with van der Waals surface area (Å²) in [5, 5.41) is 16.2. The smallest absolute Gasteiger partial charge is 0.255 e. The van der Waals surface area contributed by atoms with Crippen LogP contribution in [0.1, 0.15) is 17.3 Å². The molecule has 1 atom stereocenters. The van der Waals surface area contributed by atoms with E-state index in [-0.39, 0.29) is 18.4 Å². The van der Waals surface area contributed by atoms with Crippen molar-refractivity contribution in [1.29, 1.82) is 0 Å². The number of carbonyl (C=O) groups excluding carboxylic acids is 1. The Morgan fingerprint density at radius 3 is 2.86 bits per heavy atom. The van der Waals surface area contributed by atoms with E-state index in [0.717, 1.165) is 5.56 Å². The van der Waals surface area contributed by atoms with Gasteiger partial charge in [0.05, 0.1) is 12.7 Å². The SMILES string of the molecule is COc1ccccc1-c1nn(C)cc1C(=O)NCC(C)CO. The molecule has 0 aliphatic heterocycles. The number of para-hydroxylation sites is 1. The van der Waals surface area contributed by atoms with Crippen molar-refractivity contribution in [3.63, 3.8) is 0 Å². The van der Waals surface area contributed by atoms with Crippen molar-refractivity contribution in [1.82, 2.24) is 15.1 Å². The second-order valence-corrected chi connectivity index (χ2v) is 5.26. The first kappa shape index (κ1) is 16.0. The summed E-state index contributed by atoms with van der Waals surface area (Å²) in [6.07, 6.45) is 1.68. The number of rotatable bonds is 6. The fraction of sp³-hybridized carbons (Fsp3) is 0.375. The predicted molar refractivity (Wildman–Crippen MR) is 83.8 cm³/mol. The minimum Gasteiger partial charge on any atom is -0.496 e. The summed E-state index contributed by atoms with van der Waals surface area (Å²) in [7, 11) is 3.36. The van der Waals surface area contributed by atoms with Gasteiger partial charge >= 0.3 is 0 Å². The van der Waals surface area contributed by atoms with Crippen LogP contribution in [0.5, 0.6) is 5.75 Å². The van der Waals surface area contributed by atoms with E-state index in [4.69, 9.17) is 9.84 Å². The zero-order valence-electron chi connectivity index (χ0n) is 13.0. The zero-order chi connectivity index (χ0) is 16.1. The van der Waals surface area contributed by atoms with Crippen molar-refractivity contribution in [2.45, 2.75) is 6.92 Å². The van der Waals surface area contributed by atoms with E-state index in [2.05, 4.69) is 10.4 Å². The number of carbonyl (C=O) groups is 1. The predicted octanol–water partition coefficient (Wildman–Crippen LogP) is 1.45. The summed E-state index contributed by atoms with van der Waals surface area (Å²) in [6, 6.07) is 7.45. The Balaban J connectivity index is 2.32. The van der Waals surface area contributed by atoms with Gasteiger partial charge in [-0.15, -0.1) is 0 Å². The van der Waals surface area contributed by atoms with Gasteiger partial charge in [0, 0.05) is 32.0 Å². The molecule has 1 heterocycles. The highest BCUT2D eigenvalue weighted by Gasteiger charge is 2.19. The molecule has 0 aliphatic rings. The third kappa shape index (κ3) is 3.46. The van der Waals surface area contributed by atoms with E-state index in [1.54, 1.807) is 25.0 Å².